The van der Waals surface area contributed by atoms with Gasteiger partial charge in [-0.15, -0.1) is 0 Å². The van der Waals surface area contributed by atoms with Crippen LogP contribution in [-0.2, 0) is 0 Å². The number of hydrazine groups is 1. The molecule has 0 bridgehead atoms. The van der Waals surface area contributed by atoms with E-state index in [1.807, 2.05) is 30.5 Å². The molecule has 3 N–H and O–H groups in total. The summed E-state index contributed by atoms with van der Waals surface area (Å²) in [5, 5.41) is 8.01. The Morgan fingerprint density at radius 3 is 2.69 bits per heavy atom. The number of rotatable bonds is 7. The fourth-order valence-corrected chi connectivity index (χ4v) is 4.20. The molecule has 1 amide bonds. The Morgan fingerprint density at radius 1 is 1.06 bits per heavy atom. The second-order valence-corrected chi connectivity index (χ2v) is 8.25. The van der Waals surface area contributed by atoms with Gasteiger partial charge in [0.1, 0.15) is 5.69 Å². The predicted molar refractivity (Wildman–Crippen MR) is 137 cm³/mol. The van der Waals surface area contributed by atoms with E-state index in [1.54, 1.807) is 43.9 Å². The Labute approximate surface area is 209 Å². The lowest BCUT2D eigenvalue weighted by Gasteiger charge is -2.30. The van der Waals surface area contributed by atoms with Crippen molar-refractivity contribution >= 4 is 28.8 Å². The van der Waals surface area contributed by atoms with Crippen LogP contribution in [0, 0.1) is 0 Å². The van der Waals surface area contributed by atoms with Gasteiger partial charge in [-0.2, -0.15) is 0 Å². The van der Waals surface area contributed by atoms with Crippen molar-refractivity contribution in [1.29, 1.82) is 0 Å². The Morgan fingerprint density at radius 2 is 1.89 bits per heavy atom. The fourth-order valence-electron chi connectivity index (χ4n) is 4.20. The van der Waals surface area contributed by atoms with E-state index in [-0.39, 0.29) is 11.6 Å². The number of nitrogens with one attached hydrogen (secondary N) is 3. The Kier molecular flexibility index (Phi) is 6.92. The number of hydrogen-bond donors (Lipinski definition) is 3. The molecule has 11 nitrogen and oxygen atoms in total. The number of carbonyl (C=O) groups is 1. The molecule has 0 unspecified atom stereocenters. The van der Waals surface area contributed by atoms with Crippen LogP contribution in [0.3, 0.4) is 0 Å². The molecule has 2 aromatic heterocycles. The van der Waals surface area contributed by atoms with Crippen molar-refractivity contribution in [3.8, 4) is 11.5 Å². The summed E-state index contributed by atoms with van der Waals surface area (Å²) in [7, 11) is 3.22. The van der Waals surface area contributed by atoms with E-state index >= 15 is 0 Å². The van der Waals surface area contributed by atoms with Crippen molar-refractivity contribution in [2.24, 2.45) is 0 Å². The second-order valence-electron chi connectivity index (χ2n) is 8.25. The lowest BCUT2D eigenvalue weighted by atomic mass is 10.1. The highest BCUT2D eigenvalue weighted by molar-refractivity contribution is 6.04. The average Bonchev–Trinajstić information content (AvgIpc) is 3.44. The SMILES string of the molecule is COc1ccc(C2=CN(c3nccc(C(=O)Nc4cnccc4N4CCNCC4)n3)NC2)cc1OC. The van der Waals surface area contributed by atoms with Crippen molar-refractivity contribution in [3.05, 3.63) is 66.4 Å². The average molecular weight is 489 g/mol. The summed E-state index contributed by atoms with van der Waals surface area (Å²) >= 11 is 0. The highest BCUT2D eigenvalue weighted by atomic mass is 16.5. The molecule has 11 heteroatoms. The Hall–Kier alpha value is -4.22. The number of nitrogens with zero attached hydrogens (tertiary/aromatic N) is 5. The van der Waals surface area contributed by atoms with Gasteiger partial charge in [0.2, 0.25) is 5.95 Å². The van der Waals surface area contributed by atoms with Crippen molar-refractivity contribution < 1.29 is 14.3 Å². The van der Waals surface area contributed by atoms with E-state index in [0.29, 0.717) is 29.7 Å². The molecule has 1 aromatic carbocycles. The minimum Gasteiger partial charge on any atom is -0.493 e. The van der Waals surface area contributed by atoms with Crippen LogP contribution in [0.2, 0.25) is 0 Å². The number of carbonyl (C=O) groups excluding carboxylic acids is 1. The molecule has 0 spiro atoms. The molecule has 0 atom stereocenters. The smallest absolute Gasteiger partial charge is 0.274 e. The number of ether oxygens (including phenoxy) is 2. The number of benzene rings is 1. The lowest BCUT2D eigenvalue weighted by molar-refractivity contribution is 0.102. The molecular formula is C25H28N8O3. The van der Waals surface area contributed by atoms with Gasteiger partial charge < -0.3 is 25.0 Å². The predicted octanol–water partition coefficient (Wildman–Crippen LogP) is 1.92. The van der Waals surface area contributed by atoms with Crippen molar-refractivity contribution in [1.82, 2.24) is 25.7 Å². The zero-order chi connectivity index (χ0) is 24.9. The number of pyridine rings is 1. The number of aromatic nitrogens is 3. The van der Waals surface area contributed by atoms with Crippen LogP contribution in [-0.4, -0.2) is 67.8 Å². The van der Waals surface area contributed by atoms with Crippen molar-refractivity contribution in [3.63, 3.8) is 0 Å². The number of hydrogen-bond acceptors (Lipinski definition) is 10. The molecule has 1 fully saturated rings. The summed E-state index contributed by atoms with van der Waals surface area (Å²) in [6.45, 7) is 4.08. The molecule has 3 aromatic rings. The maximum Gasteiger partial charge on any atom is 0.274 e. The maximum atomic E-state index is 13.1. The standard InChI is InChI=1S/C25H28N8O3/c1-35-22-4-3-17(13-23(22)36-2)18-14-29-33(16-18)25-28-8-5-19(31-25)24(34)30-20-15-27-7-6-21(20)32-11-9-26-10-12-32/h3-8,13,15-16,26,29H,9-12,14H2,1-2H3,(H,30,34). The van der Waals surface area contributed by atoms with Crippen LogP contribution in [0.5, 0.6) is 11.5 Å². The van der Waals surface area contributed by atoms with Crippen LogP contribution in [0.4, 0.5) is 17.3 Å². The first-order chi connectivity index (χ1) is 17.7. The van der Waals surface area contributed by atoms with Crippen LogP contribution >= 0.6 is 0 Å². The monoisotopic (exact) mass is 488 g/mol. The van der Waals surface area contributed by atoms with Gasteiger partial charge in [0.15, 0.2) is 11.5 Å². The van der Waals surface area contributed by atoms with Crippen molar-refractivity contribution in [2.45, 2.75) is 0 Å². The molecule has 0 radical (unpaired) electrons. The zero-order valence-electron chi connectivity index (χ0n) is 20.2. The quantitative estimate of drug-likeness (QED) is 0.455. The third-order valence-electron chi connectivity index (χ3n) is 6.07. The first-order valence-electron chi connectivity index (χ1n) is 11.7. The Balaban J connectivity index is 1.33. The summed E-state index contributed by atoms with van der Waals surface area (Å²) in [6.07, 6.45) is 6.87. The van der Waals surface area contributed by atoms with Gasteiger partial charge in [-0.1, -0.05) is 6.07 Å². The van der Waals surface area contributed by atoms with E-state index in [2.05, 4.69) is 35.9 Å². The van der Waals surface area contributed by atoms with E-state index in [9.17, 15) is 4.79 Å². The van der Waals surface area contributed by atoms with E-state index in [4.69, 9.17) is 9.47 Å². The number of amides is 1. The molecule has 2 aliphatic rings. The number of anilines is 3. The molecule has 0 aliphatic carbocycles. The minimum absolute atomic E-state index is 0.255. The molecular weight excluding hydrogens is 460 g/mol. The van der Waals surface area contributed by atoms with Crippen LogP contribution in [0.25, 0.3) is 5.57 Å². The number of methoxy groups -OCH3 is 2. The highest BCUT2D eigenvalue weighted by Gasteiger charge is 2.21. The fraction of sp³-hybridized carbons (Fsp3) is 0.280. The number of piperazine rings is 1. The van der Waals surface area contributed by atoms with E-state index in [0.717, 1.165) is 43.0 Å². The molecule has 5 rings (SSSR count). The Bertz CT molecular complexity index is 1280. The molecule has 0 saturated carbocycles. The second kappa shape index (κ2) is 10.6. The van der Waals surface area contributed by atoms with Gasteiger partial charge >= 0.3 is 0 Å². The largest absolute Gasteiger partial charge is 0.493 e. The molecule has 1 saturated heterocycles. The summed E-state index contributed by atoms with van der Waals surface area (Å²) < 4.78 is 10.7. The molecule has 2 aliphatic heterocycles. The van der Waals surface area contributed by atoms with Gasteiger partial charge in [0.25, 0.3) is 5.91 Å². The minimum atomic E-state index is -0.327. The van der Waals surface area contributed by atoms with Gasteiger partial charge in [0, 0.05) is 51.3 Å². The lowest BCUT2D eigenvalue weighted by Crippen LogP contribution is -2.43. The van der Waals surface area contributed by atoms with Gasteiger partial charge in [-0.05, 0) is 35.4 Å². The summed E-state index contributed by atoms with van der Waals surface area (Å²) in [5.41, 5.74) is 7.09. The van der Waals surface area contributed by atoms with Gasteiger partial charge in [0.05, 0.1) is 31.8 Å². The summed E-state index contributed by atoms with van der Waals surface area (Å²) in [5.74, 6) is 1.36. The van der Waals surface area contributed by atoms with Crippen molar-refractivity contribution in [2.75, 3.05) is 62.2 Å². The van der Waals surface area contributed by atoms with Crippen LogP contribution in [0.1, 0.15) is 16.1 Å². The third kappa shape index (κ3) is 4.92. The van der Waals surface area contributed by atoms with E-state index < -0.39 is 0 Å². The first-order valence-corrected chi connectivity index (χ1v) is 11.7. The molecule has 186 valence electrons. The normalized spacial score (nSPS) is 15.4. The van der Waals surface area contributed by atoms with Gasteiger partial charge in [-0.3, -0.25) is 14.8 Å². The first kappa shape index (κ1) is 23.5. The maximum absolute atomic E-state index is 13.1. The van der Waals surface area contributed by atoms with Crippen LogP contribution < -0.4 is 35.4 Å². The molecule has 36 heavy (non-hydrogen) atoms. The molecule has 4 heterocycles. The zero-order valence-corrected chi connectivity index (χ0v) is 20.2. The topological polar surface area (TPSA) is 117 Å². The summed E-state index contributed by atoms with van der Waals surface area (Å²) in [6, 6.07) is 9.26. The summed E-state index contributed by atoms with van der Waals surface area (Å²) in [4.78, 5) is 28.4. The van der Waals surface area contributed by atoms with E-state index in [1.165, 1.54) is 0 Å². The van der Waals surface area contributed by atoms with Gasteiger partial charge in [-0.25, -0.2) is 15.4 Å². The highest BCUT2D eigenvalue weighted by Crippen LogP contribution is 2.31. The third-order valence-corrected chi connectivity index (χ3v) is 6.07. The van der Waals surface area contributed by atoms with Crippen LogP contribution in [0.15, 0.2) is 55.1 Å².